The smallest absolute Gasteiger partial charge is 0.0933 e. The minimum Gasteiger partial charge on any atom is -0.393 e. The van der Waals surface area contributed by atoms with Crippen LogP contribution in [0.5, 0.6) is 0 Å². The lowest BCUT2D eigenvalue weighted by Crippen LogP contribution is -2.60. The van der Waals surface area contributed by atoms with Crippen molar-refractivity contribution in [2.24, 2.45) is 34.5 Å². The molecular formula is C20H34O4. The fraction of sp³-hybridized carbons (Fsp3) is 1.00. The Labute approximate surface area is 145 Å². The van der Waals surface area contributed by atoms with Crippen LogP contribution in [0.3, 0.4) is 0 Å². The summed E-state index contributed by atoms with van der Waals surface area (Å²) in [7, 11) is 0. The monoisotopic (exact) mass is 338 g/mol. The molecule has 0 spiro atoms. The molecule has 0 radical (unpaired) electrons. The molecule has 4 fully saturated rings. The van der Waals surface area contributed by atoms with E-state index in [0.29, 0.717) is 18.3 Å². The quantitative estimate of drug-likeness (QED) is 0.545. The lowest BCUT2D eigenvalue weighted by Gasteiger charge is -2.62. The molecule has 0 heterocycles. The highest BCUT2D eigenvalue weighted by Crippen LogP contribution is 2.68. The number of aliphatic hydroxyl groups excluding tert-OH is 3. The maximum Gasteiger partial charge on any atom is 0.0933 e. The van der Waals surface area contributed by atoms with Gasteiger partial charge < -0.3 is 20.4 Å². The predicted octanol–water partition coefficient (Wildman–Crippen LogP) is 2.08. The fourth-order valence-corrected chi connectivity index (χ4v) is 7.51. The van der Waals surface area contributed by atoms with E-state index in [0.717, 1.165) is 38.5 Å². The highest BCUT2D eigenvalue weighted by Gasteiger charge is 2.67. The Hall–Kier alpha value is -0.160. The number of aliphatic hydroxyl groups is 4. The zero-order valence-electron chi connectivity index (χ0n) is 15.3. The second-order valence-electron chi connectivity index (χ2n) is 10.1. The van der Waals surface area contributed by atoms with Crippen LogP contribution in [0.1, 0.15) is 65.7 Å². The van der Waals surface area contributed by atoms with Gasteiger partial charge in [-0.25, -0.2) is 0 Å². The van der Waals surface area contributed by atoms with Crippen molar-refractivity contribution in [1.29, 1.82) is 0 Å². The summed E-state index contributed by atoms with van der Waals surface area (Å²) >= 11 is 0. The maximum absolute atomic E-state index is 11.0. The average molecular weight is 338 g/mol. The standard InChI is InChI=1S/C20H34O4/c1-18-6-4-11(21)8-15(18)16(22)9-12-13(18)5-7-19(2)14(12)10-17(23)20(19,3)24/h11-17,21-24H,4-10H2,1-3H3/t11?,12-,13+,14+,15?,16?,17?,18-,19+,20?/m1/s1. The van der Waals surface area contributed by atoms with E-state index in [1.807, 2.05) is 0 Å². The molecule has 138 valence electrons. The van der Waals surface area contributed by atoms with E-state index in [1.54, 1.807) is 6.92 Å². The summed E-state index contributed by atoms with van der Waals surface area (Å²) in [4.78, 5) is 0. The van der Waals surface area contributed by atoms with Crippen molar-refractivity contribution in [1.82, 2.24) is 0 Å². The molecule has 4 nitrogen and oxygen atoms in total. The van der Waals surface area contributed by atoms with Crippen molar-refractivity contribution in [2.45, 2.75) is 89.6 Å². The van der Waals surface area contributed by atoms with Crippen LogP contribution in [0.2, 0.25) is 0 Å². The van der Waals surface area contributed by atoms with Crippen molar-refractivity contribution in [3.63, 3.8) is 0 Å². The summed E-state index contributed by atoms with van der Waals surface area (Å²) in [5.74, 6) is 1.38. The number of rotatable bonds is 0. The van der Waals surface area contributed by atoms with Crippen molar-refractivity contribution >= 4 is 0 Å². The van der Waals surface area contributed by atoms with Gasteiger partial charge in [-0.1, -0.05) is 13.8 Å². The van der Waals surface area contributed by atoms with Crippen molar-refractivity contribution in [3.05, 3.63) is 0 Å². The molecule has 0 aromatic carbocycles. The summed E-state index contributed by atoms with van der Waals surface area (Å²) in [6.07, 6.45) is 4.69. The molecule has 24 heavy (non-hydrogen) atoms. The zero-order chi connectivity index (χ0) is 17.5. The second-order valence-corrected chi connectivity index (χ2v) is 10.1. The first-order chi connectivity index (χ1) is 11.1. The van der Waals surface area contributed by atoms with Crippen molar-refractivity contribution in [2.75, 3.05) is 0 Å². The molecule has 4 aliphatic rings. The van der Waals surface area contributed by atoms with Gasteiger partial charge >= 0.3 is 0 Å². The molecule has 0 bridgehead atoms. The Morgan fingerprint density at radius 3 is 2.21 bits per heavy atom. The third-order valence-corrected chi connectivity index (χ3v) is 9.32. The molecule has 4 saturated carbocycles. The van der Waals surface area contributed by atoms with Gasteiger partial charge in [0.15, 0.2) is 0 Å². The van der Waals surface area contributed by atoms with E-state index < -0.39 is 11.7 Å². The van der Waals surface area contributed by atoms with Gasteiger partial charge in [0.2, 0.25) is 0 Å². The van der Waals surface area contributed by atoms with Crippen LogP contribution in [0.25, 0.3) is 0 Å². The number of hydrogen-bond donors (Lipinski definition) is 4. The fourth-order valence-electron chi connectivity index (χ4n) is 7.51. The van der Waals surface area contributed by atoms with E-state index in [2.05, 4.69) is 13.8 Å². The Morgan fingerprint density at radius 1 is 0.792 bits per heavy atom. The maximum atomic E-state index is 11.0. The minimum absolute atomic E-state index is 0.0856. The molecule has 0 saturated heterocycles. The summed E-state index contributed by atoms with van der Waals surface area (Å²) in [5.41, 5.74) is -1.21. The summed E-state index contributed by atoms with van der Waals surface area (Å²) in [6, 6.07) is 0. The predicted molar refractivity (Wildman–Crippen MR) is 91.1 cm³/mol. The molecule has 0 amide bonds. The molecular weight excluding hydrogens is 304 g/mol. The SMILES string of the molecule is CC1(O)C(O)C[C@H]2[C@@H]3CC(O)C4CC(O)CC[C@]4(C)[C@H]3CC[C@@]21C. The number of hydrogen-bond acceptors (Lipinski definition) is 4. The van der Waals surface area contributed by atoms with Gasteiger partial charge in [0.05, 0.1) is 23.9 Å². The van der Waals surface area contributed by atoms with Crippen LogP contribution in [0, 0.1) is 34.5 Å². The molecule has 4 aliphatic carbocycles. The van der Waals surface area contributed by atoms with Crippen LogP contribution in [0.4, 0.5) is 0 Å². The van der Waals surface area contributed by atoms with E-state index in [-0.39, 0.29) is 34.9 Å². The lowest BCUT2D eigenvalue weighted by molar-refractivity contribution is -0.189. The molecule has 4 heteroatoms. The van der Waals surface area contributed by atoms with Gasteiger partial charge in [0, 0.05) is 5.41 Å². The first kappa shape index (κ1) is 17.3. The van der Waals surface area contributed by atoms with Gasteiger partial charge in [-0.3, -0.25) is 0 Å². The average Bonchev–Trinajstić information content (AvgIpc) is 2.69. The van der Waals surface area contributed by atoms with Crippen LogP contribution >= 0.6 is 0 Å². The van der Waals surface area contributed by atoms with Crippen molar-refractivity contribution < 1.29 is 20.4 Å². The van der Waals surface area contributed by atoms with Gasteiger partial charge in [-0.05, 0) is 81.0 Å². The van der Waals surface area contributed by atoms with Gasteiger partial charge in [-0.15, -0.1) is 0 Å². The lowest BCUT2D eigenvalue weighted by atomic mass is 9.44. The molecule has 0 aliphatic heterocycles. The van der Waals surface area contributed by atoms with Crippen LogP contribution in [-0.2, 0) is 0 Å². The van der Waals surface area contributed by atoms with Gasteiger partial charge in [0.25, 0.3) is 0 Å². The molecule has 4 rings (SSSR count). The highest BCUT2D eigenvalue weighted by atomic mass is 16.3. The Kier molecular flexibility index (Phi) is 3.73. The molecule has 5 unspecified atom stereocenters. The van der Waals surface area contributed by atoms with E-state index in [9.17, 15) is 20.4 Å². The first-order valence-electron chi connectivity index (χ1n) is 9.88. The molecule has 10 atom stereocenters. The minimum atomic E-state index is -1.03. The van der Waals surface area contributed by atoms with Crippen molar-refractivity contribution in [3.8, 4) is 0 Å². The van der Waals surface area contributed by atoms with E-state index in [1.165, 1.54) is 0 Å². The van der Waals surface area contributed by atoms with E-state index >= 15 is 0 Å². The Bertz CT molecular complexity index is 520. The second kappa shape index (κ2) is 5.18. The molecule has 0 aromatic rings. The van der Waals surface area contributed by atoms with Gasteiger partial charge in [-0.2, -0.15) is 0 Å². The Balaban J connectivity index is 1.69. The third-order valence-electron chi connectivity index (χ3n) is 9.32. The third kappa shape index (κ3) is 2.00. The summed E-state index contributed by atoms with van der Waals surface area (Å²) in [5, 5.41) is 42.4. The molecule has 0 aromatic heterocycles. The zero-order valence-corrected chi connectivity index (χ0v) is 15.3. The van der Waals surface area contributed by atoms with Gasteiger partial charge in [0.1, 0.15) is 0 Å². The van der Waals surface area contributed by atoms with Crippen LogP contribution in [0.15, 0.2) is 0 Å². The normalized spacial score (nSPS) is 63.4. The highest BCUT2D eigenvalue weighted by molar-refractivity contribution is 5.16. The van der Waals surface area contributed by atoms with Crippen LogP contribution < -0.4 is 0 Å². The topological polar surface area (TPSA) is 80.9 Å². The summed E-state index contributed by atoms with van der Waals surface area (Å²) in [6.45, 7) is 6.28. The molecule has 4 N–H and O–H groups in total. The first-order valence-corrected chi connectivity index (χ1v) is 9.88. The largest absolute Gasteiger partial charge is 0.393 e. The summed E-state index contributed by atoms with van der Waals surface area (Å²) < 4.78 is 0. The Morgan fingerprint density at radius 2 is 1.50 bits per heavy atom. The number of fused-ring (bicyclic) bond motifs is 5. The van der Waals surface area contributed by atoms with Crippen LogP contribution in [-0.4, -0.2) is 44.3 Å². The van der Waals surface area contributed by atoms with E-state index in [4.69, 9.17) is 0 Å².